The van der Waals surface area contributed by atoms with Gasteiger partial charge < -0.3 is 5.32 Å². The largest absolute Gasteiger partial charge is 0.309 e. The van der Waals surface area contributed by atoms with E-state index in [0.29, 0.717) is 11.1 Å². The van der Waals surface area contributed by atoms with Gasteiger partial charge in [-0.05, 0) is 66.7 Å². The molecule has 0 aromatic rings. The maximum Gasteiger partial charge on any atom is 0.0139 e. The highest BCUT2D eigenvalue weighted by atomic mass is 15.2. The van der Waals surface area contributed by atoms with Crippen molar-refractivity contribution in [2.45, 2.75) is 89.9 Å². The molecular weight excluding hydrogens is 208 g/mol. The second-order valence-electron chi connectivity index (χ2n) is 7.65. The number of nitrogens with zero attached hydrogens (tertiary/aromatic N) is 1. The molecule has 0 atom stereocenters. The lowest BCUT2D eigenvalue weighted by Gasteiger charge is -2.38. The average Bonchev–Trinajstić information content (AvgIpc) is 2.93. The van der Waals surface area contributed by atoms with Crippen molar-refractivity contribution in [3.05, 3.63) is 0 Å². The second-order valence-corrected chi connectivity index (χ2v) is 7.65. The van der Waals surface area contributed by atoms with Crippen LogP contribution in [0.3, 0.4) is 0 Å². The van der Waals surface area contributed by atoms with Crippen molar-refractivity contribution in [2.75, 3.05) is 6.54 Å². The van der Waals surface area contributed by atoms with Crippen LogP contribution in [-0.4, -0.2) is 34.6 Å². The van der Waals surface area contributed by atoms with Gasteiger partial charge in [-0.1, -0.05) is 0 Å². The molecule has 0 unspecified atom stereocenters. The van der Waals surface area contributed by atoms with Crippen molar-refractivity contribution in [2.24, 2.45) is 0 Å². The average molecular weight is 238 g/mol. The van der Waals surface area contributed by atoms with Crippen LogP contribution in [0.15, 0.2) is 0 Å². The van der Waals surface area contributed by atoms with E-state index in [2.05, 4.69) is 44.8 Å². The third-order valence-electron chi connectivity index (χ3n) is 4.00. The molecule has 1 N–H and O–H groups in total. The molecule has 17 heavy (non-hydrogen) atoms. The molecule has 0 bridgehead atoms. The van der Waals surface area contributed by atoms with Crippen LogP contribution in [0.2, 0.25) is 0 Å². The highest BCUT2D eigenvalue weighted by Crippen LogP contribution is 2.33. The van der Waals surface area contributed by atoms with Crippen molar-refractivity contribution < 1.29 is 0 Å². The Morgan fingerprint density at radius 3 is 2.00 bits per heavy atom. The molecule has 100 valence electrons. The van der Waals surface area contributed by atoms with E-state index in [1.165, 1.54) is 38.6 Å². The fraction of sp³-hybridized carbons (Fsp3) is 1.00. The molecule has 2 nitrogen and oxygen atoms in total. The van der Waals surface area contributed by atoms with E-state index in [1.807, 2.05) is 0 Å². The monoisotopic (exact) mass is 238 g/mol. The molecule has 0 spiro atoms. The van der Waals surface area contributed by atoms with Crippen LogP contribution >= 0.6 is 0 Å². The van der Waals surface area contributed by atoms with Gasteiger partial charge in [-0.15, -0.1) is 0 Å². The molecule has 0 aromatic carbocycles. The Hall–Kier alpha value is -0.0800. The highest BCUT2D eigenvalue weighted by molar-refractivity contribution is 4.95. The summed E-state index contributed by atoms with van der Waals surface area (Å²) >= 11 is 0. The number of hydrogen-bond donors (Lipinski definition) is 1. The van der Waals surface area contributed by atoms with Crippen molar-refractivity contribution in [1.29, 1.82) is 0 Å². The van der Waals surface area contributed by atoms with Crippen LogP contribution < -0.4 is 5.32 Å². The van der Waals surface area contributed by atoms with Crippen LogP contribution in [0.4, 0.5) is 0 Å². The van der Waals surface area contributed by atoms with Gasteiger partial charge in [0, 0.05) is 29.7 Å². The Labute approximate surface area is 107 Å². The van der Waals surface area contributed by atoms with Gasteiger partial charge in [0.25, 0.3) is 0 Å². The van der Waals surface area contributed by atoms with Gasteiger partial charge in [0.1, 0.15) is 0 Å². The summed E-state index contributed by atoms with van der Waals surface area (Å²) in [5.41, 5.74) is 0.635. The van der Waals surface area contributed by atoms with Crippen LogP contribution in [0.1, 0.15) is 66.7 Å². The molecule has 2 saturated carbocycles. The summed E-state index contributed by atoms with van der Waals surface area (Å²) in [5, 5.41) is 3.77. The van der Waals surface area contributed by atoms with Gasteiger partial charge in [0.15, 0.2) is 0 Å². The van der Waals surface area contributed by atoms with Gasteiger partial charge in [-0.25, -0.2) is 0 Å². The number of rotatable bonds is 6. The van der Waals surface area contributed by atoms with E-state index in [-0.39, 0.29) is 0 Å². The van der Waals surface area contributed by atoms with Crippen molar-refractivity contribution >= 4 is 0 Å². The molecule has 0 aromatic heterocycles. The lowest BCUT2D eigenvalue weighted by molar-refractivity contribution is 0.112. The molecule has 2 aliphatic carbocycles. The zero-order chi connectivity index (χ0) is 12.7. The van der Waals surface area contributed by atoms with Crippen molar-refractivity contribution in [3.63, 3.8) is 0 Å². The summed E-state index contributed by atoms with van der Waals surface area (Å²) in [6.07, 6.45) is 6.85. The molecule has 2 heteroatoms. The molecular formula is C15H30N2. The van der Waals surface area contributed by atoms with Gasteiger partial charge in [0.05, 0.1) is 0 Å². The molecule has 2 aliphatic rings. The maximum atomic E-state index is 3.77. The lowest BCUT2D eigenvalue weighted by atomic mass is 9.97. The Bertz CT molecular complexity index is 257. The van der Waals surface area contributed by atoms with Gasteiger partial charge in [0.2, 0.25) is 0 Å². The third kappa shape index (κ3) is 4.26. The highest BCUT2D eigenvalue weighted by Gasteiger charge is 2.37. The fourth-order valence-corrected chi connectivity index (χ4v) is 2.70. The summed E-state index contributed by atoms with van der Waals surface area (Å²) < 4.78 is 0. The molecule has 2 rings (SSSR count). The molecule has 0 aliphatic heterocycles. The van der Waals surface area contributed by atoms with E-state index < -0.39 is 0 Å². The van der Waals surface area contributed by atoms with Gasteiger partial charge >= 0.3 is 0 Å². The first-order valence-electron chi connectivity index (χ1n) is 7.32. The zero-order valence-corrected chi connectivity index (χ0v) is 12.3. The van der Waals surface area contributed by atoms with Crippen LogP contribution in [0.25, 0.3) is 0 Å². The van der Waals surface area contributed by atoms with Gasteiger partial charge in [-0.2, -0.15) is 0 Å². The SMILES string of the molecule is CC(C)(CCN(C1CC1)C(C)(C)C)NC1CC1. The summed E-state index contributed by atoms with van der Waals surface area (Å²) in [7, 11) is 0. The summed E-state index contributed by atoms with van der Waals surface area (Å²) in [6.45, 7) is 13.0. The molecule has 0 saturated heterocycles. The topological polar surface area (TPSA) is 15.3 Å². The predicted octanol–water partition coefficient (Wildman–Crippen LogP) is 3.17. The van der Waals surface area contributed by atoms with Crippen molar-refractivity contribution in [3.8, 4) is 0 Å². The minimum absolute atomic E-state index is 0.305. The predicted molar refractivity (Wildman–Crippen MR) is 74.3 cm³/mol. The van der Waals surface area contributed by atoms with E-state index in [9.17, 15) is 0 Å². The maximum absolute atomic E-state index is 3.77. The zero-order valence-electron chi connectivity index (χ0n) is 12.3. The smallest absolute Gasteiger partial charge is 0.0139 e. The Morgan fingerprint density at radius 2 is 1.59 bits per heavy atom. The van der Waals surface area contributed by atoms with E-state index in [4.69, 9.17) is 0 Å². The normalized spacial score (nSPS) is 22.2. The first kappa shape index (κ1) is 13.4. The second kappa shape index (κ2) is 4.55. The third-order valence-corrected chi connectivity index (χ3v) is 4.00. The summed E-state index contributed by atoms with van der Waals surface area (Å²) in [5.74, 6) is 0. The Kier molecular flexibility index (Phi) is 3.57. The Balaban J connectivity index is 1.81. The molecule has 0 radical (unpaired) electrons. The summed E-state index contributed by atoms with van der Waals surface area (Å²) in [6, 6.07) is 1.68. The molecule has 0 heterocycles. The van der Waals surface area contributed by atoms with Crippen LogP contribution in [-0.2, 0) is 0 Å². The Morgan fingerprint density at radius 1 is 1.00 bits per heavy atom. The number of nitrogens with one attached hydrogen (secondary N) is 1. The quantitative estimate of drug-likeness (QED) is 0.764. The minimum atomic E-state index is 0.305. The minimum Gasteiger partial charge on any atom is -0.309 e. The molecule has 2 fully saturated rings. The number of hydrogen-bond acceptors (Lipinski definition) is 2. The van der Waals surface area contributed by atoms with E-state index in [0.717, 1.165) is 12.1 Å². The standard InChI is InChI=1S/C15H30N2/c1-14(2,3)17(13-8-9-13)11-10-15(4,5)16-12-6-7-12/h12-13,16H,6-11H2,1-5H3. The summed E-state index contributed by atoms with van der Waals surface area (Å²) in [4.78, 5) is 2.71. The van der Waals surface area contributed by atoms with Gasteiger partial charge in [-0.3, -0.25) is 4.90 Å². The van der Waals surface area contributed by atoms with Crippen LogP contribution in [0, 0.1) is 0 Å². The van der Waals surface area contributed by atoms with E-state index >= 15 is 0 Å². The lowest BCUT2D eigenvalue weighted by Crippen LogP contribution is -2.48. The first-order valence-corrected chi connectivity index (χ1v) is 7.32. The fourth-order valence-electron chi connectivity index (χ4n) is 2.70. The van der Waals surface area contributed by atoms with E-state index in [1.54, 1.807) is 0 Å². The van der Waals surface area contributed by atoms with Crippen LogP contribution in [0.5, 0.6) is 0 Å². The molecule has 0 amide bonds. The first-order chi connectivity index (χ1) is 7.78. The van der Waals surface area contributed by atoms with Crippen molar-refractivity contribution in [1.82, 2.24) is 10.2 Å².